The van der Waals surface area contributed by atoms with Gasteiger partial charge in [-0.15, -0.1) is 24.0 Å². The predicted molar refractivity (Wildman–Crippen MR) is 137 cm³/mol. The molecular weight excluding hydrogens is 505 g/mol. The second-order valence-electron chi connectivity index (χ2n) is 7.26. The predicted octanol–water partition coefficient (Wildman–Crippen LogP) is 3.15. The fraction of sp³-hybridized carbons (Fsp3) is 0.478. The van der Waals surface area contributed by atoms with Gasteiger partial charge in [0.2, 0.25) is 0 Å². The number of benzene rings is 1. The van der Waals surface area contributed by atoms with Crippen LogP contribution in [-0.4, -0.2) is 57.4 Å². The van der Waals surface area contributed by atoms with Crippen LogP contribution in [0.5, 0.6) is 5.75 Å². The maximum Gasteiger partial charge on any atom is 0.191 e. The molecule has 0 aliphatic carbocycles. The molecule has 0 radical (unpaired) electrons. The highest BCUT2D eigenvalue weighted by molar-refractivity contribution is 14.0. The van der Waals surface area contributed by atoms with Gasteiger partial charge in [0.05, 0.1) is 26.9 Å². The van der Waals surface area contributed by atoms with Crippen LogP contribution in [0.25, 0.3) is 0 Å². The number of nitrogens with one attached hydrogen (secondary N) is 2. The van der Waals surface area contributed by atoms with Crippen LogP contribution in [0.15, 0.2) is 41.5 Å². The molecule has 0 saturated carbocycles. The fourth-order valence-corrected chi connectivity index (χ4v) is 3.46. The zero-order valence-corrected chi connectivity index (χ0v) is 21.0. The van der Waals surface area contributed by atoms with E-state index in [4.69, 9.17) is 14.5 Å². The monoisotopic (exact) mass is 539 g/mol. The highest BCUT2D eigenvalue weighted by Crippen LogP contribution is 2.20. The van der Waals surface area contributed by atoms with Crippen molar-refractivity contribution in [3.63, 3.8) is 0 Å². The second kappa shape index (κ2) is 13.4. The Kier molecular flexibility index (Phi) is 10.9. The SMILES string of the molecule is CCNC(=NCc1cccnc1N1CCOCC1)NCCc1ccc(C)c(OC)c1.I. The van der Waals surface area contributed by atoms with Crippen molar-refractivity contribution in [1.82, 2.24) is 15.6 Å². The van der Waals surface area contributed by atoms with E-state index >= 15 is 0 Å². The third-order valence-corrected chi connectivity index (χ3v) is 5.11. The number of guanidine groups is 1. The summed E-state index contributed by atoms with van der Waals surface area (Å²) in [5.74, 6) is 2.75. The molecule has 8 heteroatoms. The van der Waals surface area contributed by atoms with Crippen molar-refractivity contribution in [1.29, 1.82) is 0 Å². The Morgan fingerprint density at radius 2 is 2.03 bits per heavy atom. The lowest BCUT2D eigenvalue weighted by atomic mass is 10.1. The van der Waals surface area contributed by atoms with E-state index in [-0.39, 0.29) is 24.0 Å². The Labute approximate surface area is 202 Å². The Morgan fingerprint density at radius 1 is 1.23 bits per heavy atom. The summed E-state index contributed by atoms with van der Waals surface area (Å²) in [6.07, 6.45) is 2.74. The number of aliphatic imine (C=N–C) groups is 1. The molecular formula is C23H34IN5O2. The number of ether oxygens (including phenoxy) is 2. The Hall–Kier alpha value is -2.07. The van der Waals surface area contributed by atoms with Gasteiger partial charge in [-0.25, -0.2) is 9.98 Å². The largest absolute Gasteiger partial charge is 0.496 e. The molecule has 0 bridgehead atoms. The van der Waals surface area contributed by atoms with Gasteiger partial charge in [-0.3, -0.25) is 0 Å². The van der Waals surface area contributed by atoms with Crippen molar-refractivity contribution in [2.75, 3.05) is 51.4 Å². The Balaban J connectivity index is 0.00000341. The molecule has 2 heterocycles. The van der Waals surface area contributed by atoms with E-state index in [1.807, 2.05) is 12.3 Å². The quantitative estimate of drug-likeness (QED) is 0.305. The van der Waals surface area contributed by atoms with Gasteiger partial charge in [0.15, 0.2) is 5.96 Å². The first-order valence-corrected chi connectivity index (χ1v) is 10.6. The van der Waals surface area contributed by atoms with Crippen molar-refractivity contribution in [3.8, 4) is 5.75 Å². The fourth-order valence-electron chi connectivity index (χ4n) is 3.46. The number of methoxy groups -OCH3 is 1. The minimum absolute atomic E-state index is 0. The molecule has 0 atom stereocenters. The van der Waals surface area contributed by atoms with Crippen LogP contribution >= 0.6 is 24.0 Å². The van der Waals surface area contributed by atoms with E-state index in [1.165, 1.54) is 5.56 Å². The molecule has 7 nitrogen and oxygen atoms in total. The summed E-state index contributed by atoms with van der Waals surface area (Å²) in [5.41, 5.74) is 3.51. The number of hydrogen-bond acceptors (Lipinski definition) is 5. The topological polar surface area (TPSA) is 71.0 Å². The molecule has 3 rings (SSSR count). The highest BCUT2D eigenvalue weighted by atomic mass is 127. The summed E-state index contributed by atoms with van der Waals surface area (Å²) in [5, 5.41) is 6.76. The van der Waals surface area contributed by atoms with E-state index in [1.54, 1.807) is 7.11 Å². The van der Waals surface area contributed by atoms with Crippen molar-refractivity contribution in [2.24, 2.45) is 4.99 Å². The summed E-state index contributed by atoms with van der Waals surface area (Å²) in [6.45, 7) is 9.54. The molecule has 1 saturated heterocycles. The third-order valence-electron chi connectivity index (χ3n) is 5.11. The second-order valence-corrected chi connectivity index (χ2v) is 7.26. The first-order chi connectivity index (χ1) is 14.7. The number of halogens is 1. The summed E-state index contributed by atoms with van der Waals surface area (Å²) in [7, 11) is 1.71. The number of rotatable bonds is 8. The average molecular weight is 539 g/mol. The van der Waals surface area contributed by atoms with E-state index in [0.29, 0.717) is 6.54 Å². The number of hydrogen-bond donors (Lipinski definition) is 2. The number of morpholine rings is 1. The zero-order valence-electron chi connectivity index (χ0n) is 18.7. The molecule has 2 N–H and O–H groups in total. The number of aromatic nitrogens is 1. The molecule has 0 amide bonds. The molecule has 1 fully saturated rings. The van der Waals surface area contributed by atoms with Crippen LogP contribution in [0.4, 0.5) is 5.82 Å². The first-order valence-electron chi connectivity index (χ1n) is 10.6. The van der Waals surface area contributed by atoms with Crippen molar-refractivity contribution in [3.05, 3.63) is 53.2 Å². The molecule has 1 aliphatic heterocycles. The van der Waals surface area contributed by atoms with Gasteiger partial charge < -0.3 is 25.0 Å². The summed E-state index contributed by atoms with van der Waals surface area (Å²) >= 11 is 0. The van der Waals surface area contributed by atoms with Crippen LogP contribution < -0.4 is 20.3 Å². The van der Waals surface area contributed by atoms with Gasteiger partial charge in [0, 0.05) is 37.9 Å². The average Bonchev–Trinajstić information content (AvgIpc) is 2.79. The lowest BCUT2D eigenvalue weighted by Crippen LogP contribution is -2.38. The van der Waals surface area contributed by atoms with Crippen LogP contribution in [0.3, 0.4) is 0 Å². The first kappa shape index (κ1) is 25.2. The van der Waals surface area contributed by atoms with Gasteiger partial charge >= 0.3 is 0 Å². The molecule has 1 aliphatic rings. The van der Waals surface area contributed by atoms with Gasteiger partial charge in [0.25, 0.3) is 0 Å². The number of nitrogens with zero attached hydrogens (tertiary/aromatic N) is 3. The van der Waals surface area contributed by atoms with E-state index in [2.05, 4.69) is 58.6 Å². The smallest absolute Gasteiger partial charge is 0.191 e. The minimum atomic E-state index is 0. The number of aryl methyl sites for hydroxylation is 1. The van der Waals surface area contributed by atoms with Gasteiger partial charge in [-0.1, -0.05) is 18.2 Å². The van der Waals surface area contributed by atoms with Crippen LogP contribution in [0.2, 0.25) is 0 Å². The molecule has 2 aromatic rings. The van der Waals surface area contributed by atoms with Gasteiger partial charge in [-0.05, 0) is 43.5 Å². The standard InChI is InChI=1S/C23H33N5O2.HI/c1-4-24-23(26-11-9-19-8-7-18(2)21(16-19)29-3)27-17-20-6-5-10-25-22(20)28-12-14-30-15-13-28;/h5-8,10,16H,4,9,11-15,17H2,1-3H3,(H2,24,26,27);1H. The molecule has 0 spiro atoms. The van der Waals surface area contributed by atoms with E-state index in [0.717, 1.165) is 74.5 Å². The molecule has 1 aromatic heterocycles. The third kappa shape index (κ3) is 7.53. The number of anilines is 1. The summed E-state index contributed by atoms with van der Waals surface area (Å²) in [4.78, 5) is 11.7. The maximum absolute atomic E-state index is 5.47. The van der Waals surface area contributed by atoms with Crippen molar-refractivity contribution in [2.45, 2.75) is 26.8 Å². The Bertz CT molecular complexity index is 840. The molecule has 170 valence electrons. The summed E-state index contributed by atoms with van der Waals surface area (Å²) in [6, 6.07) is 10.4. The molecule has 1 aromatic carbocycles. The lowest BCUT2D eigenvalue weighted by molar-refractivity contribution is 0.122. The van der Waals surface area contributed by atoms with Gasteiger partial charge in [-0.2, -0.15) is 0 Å². The van der Waals surface area contributed by atoms with Crippen LogP contribution in [-0.2, 0) is 17.7 Å². The normalized spacial score (nSPS) is 14.0. The van der Waals surface area contributed by atoms with Crippen LogP contribution in [0, 0.1) is 6.92 Å². The van der Waals surface area contributed by atoms with E-state index in [9.17, 15) is 0 Å². The maximum atomic E-state index is 5.47. The highest BCUT2D eigenvalue weighted by Gasteiger charge is 2.15. The van der Waals surface area contributed by atoms with Crippen molar-refractivity contribution < 1.29 is 9.47 Å². The molecule has 0 unspecified atom stereocenters. The Morgan fingerprint density at radius 3 is 2.77 bits per heavy atom. The molecule has 31 heavy (non-hydrogen) atoms. The summed E-state index contributed by atoms with van der Waals surface area (Å²) < 4.78 is 10.9. The van der Waals surface area contributed by atoms with Crippen molar-refractivity contribution >= 4 is 35.8 Å². The number of pyridine rings is 1. The van der Waals surface area contributed by atoms with E-state index < -0.39 is 0 Å². The van der Waals surface area contributed by atoms with Gasteiger partial charge in [0.1, 0.15) is 11.6 Å². The lowest BCUT2D eigenvalue weighted by Gasteiger charge is -2.29. The van der Waals surface area contributed by atoms with Crippen LogP contribution in [0.1, 0.15) is 23.6 Å². The zero-order chi connectivity index (χ0) is 21.2. The minimum Gasteiger partial charge on any atom is -0.496 e.